The fourth-order valence-electron chi connectivity index (χ4n) is 2.35. The van der Waals surface area contributed by atoms with Crippen molar-refractivity contribution in [3.05, 3.63) is 48.0 Å². The van der Waals surface area contributed by atoms with E-state index in [4.69, 9.17) is 0 Å². The first-order chi connectivity index (χ1) is 11.9. The lowest BCUT2D eigenvalue weighted by atomic mass is 9.90. The van der Waals surface area contributed by atoms with Crippen molar-refractivity contribution < 1.29 is 19.8 Å². The highest BCUT2D eigenvalue weighted by Gasteiger charge is 2.38. The van der Waals surface area contributed by atoms with Crippen molar-refractivity contribution >= 4 is 11.8 Å². The summed E-state index contributed by atoms with van der Waals surface area (Å²) in [4.78, 5) is 31.0. The van der Waals surface area contributed by atoms with E-state index in [0.717, 1.165) is 0 Å². The van der Waals surface area contributed by atoms with E-state index in [1.807, 2.05) is 0 Å². The third kappa shape index (κ3) is 4.28. The molecule has 2 atom stereocenters. The van der Waals surface area contributed by atoms with Crippen molar-refractivity contribution in [2.75, 3.05) is 13.2 Å². The highest BCUT2D eigenvalue weighted by Crippen LogP contribution is 2.21. The van der Waals surface area contributed by atoms with Crippen LogP contribution in [0.4, 0.5) is 0 Å². The van der Waals surface area contributed by atoms with Gasteiger partial charge in [0.2, 0.25) is 11.8 Å². The fourth-order valence-corrected chi connectivity index (χ4v) is 2.35. The minimum atomic E-state index is -1.39. The number of aromatic amines is 2. The Morgan fingerprint density at radius 1 is 0.960 bits per heavy atom. The molecule has 2 heterocycles. The van der Waals surface area contributed by atoms with Crippen molar-refractivity contribution in [3.8, 4) is 0 Å². The van der Waals surface area contributed by atoms with Crippen molar-refractivity contribution in [2.24, 2.45) is 5.41 Å². The molecular formula is C17H24N4O4. The first kappa shape index (κ1) is 18.8. The van der Waals surface area contributed by atoms with Gasteiger partial charge < -0.3 is 30.8 Å². The topological polar surface area (TPSA) is 130 Å². The summed E-state index contributed by atoms with van der Waals surface area (Å²) in [7, 11) is 0. The largest absolute Gasteiger partial charge is 0.394 e. The van der Waals surface area contributed by atoms with Gasteiger partial charge >= 0.3 is 0 Å². The molecule has 0 radical (unpaired) electrons. The van der Waals surface area contributed by atoms with Gasteiger partial charge in [0.05, 0.1) is 25.3 Å². The summed E-state index contributed by atoms with van der Waals surface area (Å²) in [6.45, 7) is 2.38. The maximum absolute atomic E-state index is 12.6. The molecule has 2 amide bonds. The van der Waals surface area contributed by atoms with Gasteiger partial charge in [-0.15, -0.1) is 0 Å². The molecule has 0 aliphatic heterocycles. The van der Waals surface area contributed by atoms with Crippen LogP contribution in [-0.2, 0) is 9.59 Å². The third-order valence-corrected chi connectivity index (χ3v) is 4.11. The molecule has 8 nitrogen and oxygen atoms in total. The van der Waals surface area contributed by atoms with Gasteiger partial charge in [0, 0.05) is 23.8 Å². The molecule has 0 bridgehead atoms. The molecule has 8 heteroatoms. The number of carbonyl (C=O) groups excluding carboxylic acids is 2. The molecule has 25 heavy (non-hydrogen) atoms. The van der Waals surface area contributed by atoms with Crippen LogP contribution in [-0.4, -0.2) is 45.2 Å². The molecule has 0 saturated heterocycles. The van der Waals surface area contributed by atoms with E-state index in [0.29, 0.717) is 11.4 Å². The first-order valence-electron chi connectivity index (χ1n) is 8.00. The van der Waals surface area contributed by atoms with Gasteiger partial charge in [-0.2, -0.15) is 0 Å². The number of aromatic nitrogens is 2. The number of rotatable bonds is 8. The number of aliphatic hydroxyl groups excluding tert-OH is 2. The maximum atomic E-state index is 12.6. The summed E-state index contributed by atoms with van der Waals surface area (Å²) in [6.07, 6.45) is 3.37. The lowest BCUT2D eigenvalue weighted by Crippen LogP contribution is -2.50. The Labute approximate surface area is 145 Å². The smallest absolute Gasteiger partial charge is 0.235 e. The number of nitrogens with one attached hydrogen (secondary N) is 4. The predicted octanol–water partition coefficient (Wildman–Crippen LogP) is 0.368. The zero-order chi connectivity index (χ0) is 18.4. The molecule has 2 aromatic heterocycles. The number of aliphatic hydroxyl groups is 2. The van der Waals surface area contributed by atoms with Crippen LogP contribution in [0.25, 0.3) is 0 Å². The summed E-state index contributed by atoms with van der Waals surface area (Å²) in [5.74, 6) is -1.05. The SMILES string of the molecule is CC(C)(C(=O)N[C@H](CO)c1ccc[nH]1)C(=O)N[C@H](CO)c1ccc[nH]1. The Balaban J connectivity index is 2.05. The summed E-state index contributed by atoms with van der Waals surface area (Å²) in [6, 6.07) is 5.72. The Kier molecular flexibility index (Phi) is 6.00. The molecule has 0 fully saturated rings. The molecule has 0 spiro atoms. The minimum absolute atomic E-state index is 0.300. The van der Waals surface area contributed by atoms with Gasteiger partial charge in [-0.3, -0.25) is 9.59 Å². The van der Waals surface area contributed by atoms with E-state index >= 15 is 0 Å². The Morgan fingerprint density at radius 2 is 1.36 bits per heavy atom. The summed E-state index contributed by atoms with van der Waals surface area (Å²) in [5, 5.41) is 24.3. The van der Waals surface area contributed by atoms with E-state index in [2.05, 4.69) is 20.6 Å². The molecule has 0 aliphatic carbocycles. The van der Waals surface area contributed by atoms with E-state index in [1.54, 1.807) is 36.7 Å². The maximum Gasteiger partial charge on any atom is 0.235 e. The van der Waals surface area contributed by atoms with Crippen LogP contribution >= 0.6 is 0 Å². The number of hydrogen-bond acceptors (Lipinski definition) is 4. The summed E-state index contributed by atoms with van der Waals surface area (Å²) >= 11 is 0. The van der Waals surface area contributed by atoms with Crippen LogP contribution in [0.1, 0.15) is 37.3 Å². The van der Waals surface area contributed by atoms with Crippen LogP contribution in [0.3, 0.4) is 0 Å². The zero-order valence-electron chi connectivity index (χ0n) is 14.2. The van der Waals surface area contributed by atoms with E-state index in [-0.39, 0.29) is 13.2 Å². The standard InChI is InChI=1S/C17H24N4O4/c1-17(2,15(24)20-13(9-22)11-5-3-7-18-11)16(25)21-14(10-23)12-6-4-8-19-12/h3-8,13-14,18-19,22-23H,9-10H2,1-2H3,(H,20,24)(H,21,25)/t13-,14-/m1/s1. The first-order valence-corrected chi connectivity index (χ1v) is 8.00. The molecule has 0 aromatic carbocycles. The molecule has 0 saturated carbocycles. The van der Waals surface area contributed by atoms with E-state index < -0.39 is 29.3 Å². The van der Waals surface area contributed by atoms with Crippen molar-refractivity contribution in [2.45, 2.75) is 25.9 Å². The third-order valence-electron chi connectivity index (χ3n) is 4.11. The van der Waals surface area contributed by atoms with Gasteiger partial charge in [-0.05, 0) is 38.1 Å². The molecule has 0 aliphatic rings. The fraction of sp³-hybridized carbons (Fsp3) is 0.412. The Bertz CT molecular complexity index is 621. The van der Waals surface area contributed by atoms with Gasteiger partial charge in [-0.25, -0.2) is 0 Å². The lowest BCUT2D eigenvalue weighted by Gasteiger charge is -2.27. The van der Waals surface area contributed by atoms with Crippen LogP contribution in [0.5, 0.6) is 0 Å². The number of H-pyrrole nitrogens is 2. The van der Waals surface area contributed by atoms with Crippen molar-refractivity contribution in [3.63, 3.8) is 0 Å². The van der Waals surface area contributed by atoms with Gasteiger partial charge in [0.15, 0.2) is 0 Å². The van der Waals surface area contributed by atoms with Crippen LogP contribution in [0.15, 0.2) is 36.7 Å². The van der Waals surface area contributed by atoms with Crippen molar-refractivity contribution in [1.82, 2.24) is 20.6 Å². The van der Waals surface area contributed by atoms with E-state index in [1.165, 1.54) is 13.8 Å². The molecule has 2 aromatic rings. The summed E-state index contributed by atoms with van der Waals surface area (Å²) < 4.78 is 0. The van der Waals surface area contributed by atoms with Gasteiger partial charge in [-0.1, -0.05) is 0 Å². The second-order valence-corrected chi connectivity index (χ2v) is 6.29. The van der Waals surface area contributed by atoms with Crippen molar-refractivity contribution in [1.29, 1.82) is 0 Å². The van der Waals surface area contributed by atoms with Gasteiger partial charge in [0.1, 0.15) is 5.41 Å². The molecule has 136 valence electrons. The highest BCUT2D eigenvalue weighted by atomic mass is 16.3. The average Bonchev–Trinajstić information content (AvgIpc) is 3.30. The second kappa shape index (κ2) is 8.00. The summed E-state index contributed by atoms with van der Waals surface area (Å²) in [5.41, 5.74) is -0.0987. The quantitative estimate of drug-likeness (QED) is 0.385. The number of hydrogen-bond donors (Lipinski definition) is 6. The molecule has 2 rings (SSSR count). The number of carbonyl (C=O) groups is 2. The normalized spacial score (nSPS) is 13.9. The molecular weight excluding hydrogens is 324 g/mol. The average molecular weight is 348 g/mol. The Hall–Kier alpha value is -2.58. The monoisotopic (exact) mass is 348 g/mol. The second-order valence-electron chi connectivity index (χ2n) is 6.29. The minimum Gasteiger partial charge on any atom is -0.394 e. The van der Waals surface area contributed by atoms with Crippen LogP contribution in [0, 0.1) is 5.41 Å². The predicted molar refractivity (Wildman–Crippen MR) is 91.3 cm³/mol. The Morgan fingerprint density at radius 3 is 1.64 bits per heavy atom. The van der Waals surface area contributed by atoms with Gasteiger partial charge in [0.25, 0.3) is 0 Å². The highest BCUT2D eigenvalue weighted by molar-refractivity contribution is 6.04. The number of amides is 2. The lowest BCUT2D eigenvalue weighted by molar-refractivity contribution is -0.142. The molecule has 6 N–H and O–H groups in total. The molecule has 0 unspecified atom stereocenters. The van der Waals surface area contributed by atoms with Crippen LogP contribution in [0.2, 0.25) is 0 Å². The van der Waals surface area contributed by atoms with E-state index in [9.17, 15) is 19.8 Å². The van der Waals surface area contributed by atoms with Crippen LogP contribution < -0.4 is 10.6 Å². The zero-order valence-corrected chi connectivity index (χ0v) is 14.2.